The third-order valence-corrected chi connectivity index (χ3v) is 5.19. The van der Waals surface area contributed by atoms with Crippen molar-refractivity contribution in [3.05, 3.63) is 29.8 Å². The van der Waals surface area contributed by atoms with Gasteiger partial charge in [0.15, 0.2) is 0 Å². The van der Waals surface area contributed by atoms with E-state index in [1.54, 1.807) is 7.11 Å². The summed E-state index contributed by atoms with van der Waals surface area (Å²) in [4.78, 5) is 17.2. The van der Waals surface area contributed by atoms with Gasteiger partial charge in [0.1, 0.15) is 5.75 Å². The molecule has 0 spiro atoms. The molecule has 0 unspecified atom stereocenters. The lowest BCUT2D eigenvalue weighted by molar-refractivity contribution is -0.121. The van der Waals surface area contributed by atoms with Crippen molar-refractivity contribution in [2.24, 2.45) is 0 Å². The van der Waals surface area contributed by atoms with Crippen LogP contribution < -0.4 is 10.1 Å². The van der Waals surface area contributed by atoms with E-state index in [2.05, 4.69) is 35.9 Å². The Morgan fingerprint density at radius 2 is 1.80 bits per heavy atom. The van der Waals surface area contributed by atoms with Crippen molar-refractivity contribution in [2.75, 3.05) is 46.4 Å². The zero-order valence-electron chi connectivity index (χ0n) is 16.2. The fourth-order valence-electron chi connectivity index (χ4n) is 3.23. The van der Waals surface area contributed by atoms with Gasteiger partial charge in [-0.3, -0.25) is 9.69 Å². The van der Waals surface area contributed by atoms with E-state index in [1.807, 2.05) is 24.3 Å². The number of benzene rings is 1. The van der Waals surface area contributed by atoms with Gasteiger partial charge in [0.25, 0.3) is 0 Å². The molecule has 2 rings (SSSR count). The maximum absolute atomic E-state index is 12.2. The summed E-state index contributed by atoms with van der Waals surface area (Å²) in [7, 11) is 1.66. The van der Waals surface area contributed by atoms with Crippen LogP contribution in [0.2, 0.25) is 0 Å². The lowest BCUT2D eigenvalue weighted by atomic mass is 10.0. The summed E-state index contributed by atoms with van der Waals surface area (Å²) in [6, 6.07) is 7.91. The fraction of sp³-hybridized carbons (Fsp3) is 0.650. The molecule has 0 aliphatic carbocycles. The van der Waals surface area contributed by atoms with Gasteiger partial charge < -0.3 is 15.0 Å². The number of rotatable bonds is 8. The van der Waals surface area contributed by atoms with Crippen LogP contribution >= 0.6 is 0 Å². The number of aryl methyl sites for hydroxylation is 1. The summed E-state index contributed by atoms with van der Waals surface area (Å²) >= 11 is 0. The van der Waals surface area contributed by atoms with E-state index in [4.69, 9.17) is 4.74 Å². The van der Waals surface area contributed by atoms with E-state index in [0.29, 0.717) is 13.0 Å². The minimum atomic E-state index is -0.00436. The Bertz CT molecular complexity index is 534. The molecule has 5 heteroatoms. The van der Waals surface area contributed by atoms with Crippen molar-refractivity contribution < 1.29 is 9.53 Å². The van der Waals surface area contributed by atoms with Crippen LogP contribution in [0.4, 0.5) is 0 Å². The normalized spacial score (nSPS) is 16.6. The zero-order chi connectivity index (χ0) is 18.3. The van der Waals surface area contributed by atoms with Crippen LogP contribution in [0.3, 0.4) is 0 Å². The summed E-state index contributed by atoms with van der Waals surface area (Å²) in [5, 5.41) is 3.12. The van der Waals surface area contributed by atoms with Crippen LogP contribution in [0.15, 0.2) is 24.3 Å². The molecule has 0 atom stereocenters. The Hall–Kier alpha value is -1.59. The van der Waals surface area contributed by atoms with Gasteiger partial charge in [-0.25, -0.2) is 0 Å². The van der Waals surface area contributed by atoms with Gasteiger partial charge in [0.2, 0.25) is 5.91 Å². The highest BCUT2D eigenvalue weighted by Crippen LogP contribution is 2.16. The largest absolute Gasteiger partial charge is 0.497 e. The molecule has 0 saturated carbocycles. The molecule has 1 fully saturated rings. The predicted molar refractivity (Wildman–Crippen MR) is 102 cm³/mol. The molecule has 1 aliphatic heterocycles. The molecule has 1 heterocycles. The number of piperazine rings is 1. The molecular weight excluding hydrogens is 314 g/mol. The standard InChI is InChI=1S/C20H33N3O2/c1-5-22-12-14-23(15-13-22)20(2,3)16-21-19(24)11-8-17-6-9-18(25-4)10-7-17/h6-7,9-10H,5,8,11-16H2,1-4H3,(H,21,24). The van der Waals surface area contributed by atoms with Gasteiger partial charge in [-0.15, -0.1) is 0 Å². The Balaban J connectivity index is 1.72. The summed E-state index contributed by atoms with van der Waals surface area (Å²) in [6.07, 6.45) is 1.28. The first-order valence-corrected chi connectivity index (χ1v) is 9.31. The second kappa shape index (κ2) is 9.20. The fourth-order valence-corrected chi connectivity index (χ4v) is 3.23. The first kappa shape index (κ1) is 19.7. The summed E-state index contributed by atoms with van der Waals surface area (Å²) in [6.45, 7) is 12.8. The van der Waals surface area contributed by atoms with Gasteiger partial charge in [-0.1, -0.05) is 19.1 Å². The van der Waals surface area contributed by atoms with E-state index in [1.165, 1.54) is 0 Å². The van der Waals surface area contributed by atoms with Crippen LogP contribution in [0.5, 0.6) is 5.75 Å². The zero-order valence-corrected chi connectivity index (χ0v) is 16.2. The van der Waals surface area contributed by atoms with Crippen molar-refractivity contribution >= 4 is 5.91 Å². The first-order valence-electron chi connectivity index (χ1n) is 9.31. The van der Waals surface area contributed by atoms with Gasteiger partial charge in [-0.2, -0.15) is 0 Å². The average Bonchev–Trinajstić information content (AvgIpc) is 2.65. The average molecular weight is 348 g/mol. The van der Waals surface area contributed by atoms with Gasteiger partial charge in [0, 0.05) is 44.7 Å². The third kappa shape index (κ3) is 6.01. The van der Waals surface area contributed by atoms with Crippen LogP contribution in [0.25, 0.3) is 0 Å². The second-order valence-electron chi connectivity index (χ2n) is 7.36. The number of amides is 1. The molecule has 25 heavy (non-hydrogen) atoms. The molecule has 0 aromatic heterocycles. The number of carbonyl (C=O) groups is 1. The van der Waals surface area contributed by atoms with Crippen molar-refractivity contribution in [1.82, 2.24) is 15.1 Å². The van der Waals surface area contributed by atoms with Crippen LogP contribution in [-0.4, -0.2) is 67.6 Å². The van der Waals surface area contributed by atoms with Gasteiger partial charge in [0.05, 0.1) is 7.11 Å². The van der Waals surface area contributed by atoms with Crippen molar-refractivity contribution in [2.45, 2.75) is 39.2 Å². The molecule has 1 saturated heterocycles. The topological polar surface area (TPSA) is 44.8 Å². The van der Waals surface area contributed by atoms with Crippen LogP contribution in [0, 0.1) is 0 Å². The number of hydrogen-bond acceptors (Lipinski definition) is 4. The molecule has 1 N–H and O–H groups in total. The van der Waals surface area contributed by atoms with E-state index < -0.39 is 0 Å². The predicted octanol–water partition coefficient (Wildman–Crippen LogP) is 2.16. The number of carbonyl (C=O) groups excluding carboxylic acids is 1. The number of nitrogens with zero attached hydrogens (tertiary/aromatic N) is 2. The highest BCUT2D eigenvalue weighted by Gasteiger charge is 2.29. The minimum Gasteiger partial charge on any atom is -0.497 e. The van der Waals surface area contributed by atoms with Crippen LogP contribution in [0.1, 0.15) is 32.8 Å². The monoisotopic (exact) mass is 347 g/mol. The van der Waals surface area contributed by atoms with E-state index in [9.17, 15) is 4.79 Å². The number of ether oxygens (including phenoxy) is 1. The van der Waals surface area contributed by atoms with Gasteiger partial charge in [-0.05, 0) is 44.5 Å². The number of methoxy groups -OCH3 is 1. The molecular formula is C20H33N3O2. The van der Waals surface area contributed by atoms with Gasteiger partial charge >= 0.3 is 0 Å². The molecule has 1 aromatic carbocycles. The molecule has 1 aromatic rings. The lowest BCUT2D eigenvalue weighted by Crippen LogP contribution is -2.58. The van der Waals surface area contributed by atoms with E-state index in [0.717, 1.165) is 50.5 Å². The quantitative estimate of drug-likeness (QED) is 0.783. The van der Waals surface area contributed by atoms with E-state index >= 15 is 0 Å². The van der Waals surface area contributed by atoms with Crippen molar-refractivity contribution in [1.29, 1.82) is 0 Å². The smallest absolute Gasteiger partial charge is 0.220 e. The summed E-state index contributed by atoms with van der Waals surface area (Å²) in [5.74, 6) is 0.967. The molecule has 1 aliphatic rings. The minimum absolute atomic E-state index is 0.00436. The maximum Gasteiger partial charge on any atom is 0.220 e. The Morgan fingerprint density at radius 1 is 1.16 bits per heavy atom. The first-order chi connectivity index (χ1) is 11.9. The van der Waals surface area contributed by atoms with Crippen LogP contribution in [-0.2, 0) is 11.2 Å². The van der Waals surface area contributed by atoms with E-state index in [-0.39, 0.29) is 11.4 Å². The number of hydrogen-bond donors (Lipinski definition) is 1. The second-order valence-corrected chi connectivity index (χ2v) is 7.36. The Labute approximate surface area is 152 Å². The van der Waals surface area contributed by atoms with Crippen molar-refractivity contribution in [3.8, 4) is 5.75 Å². The van der Waals surface area contributed by atoms with Crippen molar-refractivity contribution in [3.63, 3.8) is 0 Å². The highest BCUT2D eigenvalue weighted by molar-refractivity contribution is 5.76. The third-order valence-electron chi connectivity index (χ3n) is 5.19. The number of nitrogens with one attached hydrogen (secondary N) is 1. The number of likely N-dealkylation sites (N-methyl/N-ethyl adjacent to an activating group) is 1. The lowest BCUT2D eigenvalue weighted by Gasteiger charge is -2.44. The summed E-state index contributed by atoms with van der Waals surface area (Å²) < 4.78 is 5.16. The Kier molecular flexibility index (Phi) is 7.26. The molecule has 5 nitrogen and oxygen atoms in total. The molecule has 140 valence electrons. The molecule has 1 amide bonds. The highest BCUT2D eigenvalue weighted by atomic mass is 16.5. The Morgan fingerprint density at radius 3 is 2.36 bits per heavy atom. The molecule has 0 bridgehead atoms. The maximum atomic E-state index is 12.2. The SMILES string of the molecule is CCN1CCN(C(C)(C)CNC(=O)CCc2ccc(OC)cc2)CC1. The summed E-state index contributed by atoms with van der Waals surface area (Å²) in [5.41, 5.74) is 1.15. The molecule has 0 radical (unpaired) electrons.